The highest BCUT2D eigenvalue weighted by Gasteiger charge is 2.19. The van der Waals surface area contributed by atoms with E-state index in [4.69, 9.17) is 28.3 Å². The molecule has 0 unspecified atom stereocenters. The zero-order valence-electron chi connectivity index (χ0n) is 12.4. The van der Waals surface area contributed by atoms with Gasteiger partial charge in [0.15, 0.2) is 0 Å². The number of aliphatic hydroxyl groups is 1. The van der Waals surface area contributed by atoms with Crippen LogP contribution in [-0.4, -0.2) is 23.7 Å². The van der Waals surface area contributed by atoms with E-state index in [1.54, 1.807) is 6.07 Å². The second kappa shape index (κ2) is 8.56. The van der Waals surface area contributed by atoms with Crippen LogP contribution < -0.4 is 5.32 Å². The van der Waals surface area contributed by atoms with Gasteiger partial charge in [0.25, 0.3) is 0 Å². The quantitative estimate of drug-likeness (QED) is 0.586. The molecule has 1 aromatic carbocycles. The lowest BCUT2D eigenvalue weighted by Crippen LogP contribution is -2.32. The third-order valence-electron chi connectivity index (χ3n) is 3.86. The standard InChI is InChI=1S/C17H21Cl2NO2/c18-15-8-6-12(10-16(15)19)3-1-2-4-17(22)20-14-7-5-13(9-14)11-21/h5-8,10,13-14,21H,1-4,9,11H2,(H,20,22)/t13-,14+/m0/s1. The molecule has 0 fully saturated rings. The molecular weight excluding hydrogens is 321 g/mol. The van der Waals surface area contributed by atoms with Gasteiger partial charge in [-0.05, 0) is 43.4 Å². The first-order valence-corrected chi connectivity index (χ1v) is 8.36. The van der Waals surface area contributed by atoms with Gasteiger partial charge < -0.3 is 10.4 Å². The SMILES string of the molecule is O=C(CCCCc1ccc(Cl)c(Cl)c1)N[C@@H]1C=C[C@H](CO)C1. The molecule has 1 aromatic rings. The molecule has 0 heterocycles. The summed E-state index contributed by atoms with van der Waals surface area (Å²) in [6, 6.07) is 5.71. The normalized spacial score (nSPS) is 20.3. The minimum absolute atomic E-state index is 0.0692. The number of hydrogen-bond donors (Lipinski definition) is 2. The lowest BCUT2D eigenvalue weighted by atomic mass is 10.1. The number of halogens is 2. The van der Waals surface area contributed by atoms with E-state index >= 15 is 0 Å². The van der Waals surface area contributed by atoms with Crippen molar-refractivity contribution in [3.63, 3.8) is 0 Å². The minimum atomic E-state index is 0.0692. The van der Waals surface area contributed by atoms with Gasteiger partial charge in [-0.25, -0.2) is 0 Å². The zero-order valence-corrected chi connectivity index (χ0v) is 13.9. The number of nitrogens with one attached hydrogen (secondary N) is 1. The maximum absolute atomic E-state index is 11.9. The first-order chi connectivity index (χ1) is 10.6. The van der Waals surface area contributed by atoms with Crippen molar-refractivity contribution in [2.45, 2.75) is 38.1 Å². The van der Waals surface area contributed by atoms with E-state index in [1.807, 2.05) is 24.3 Å². The minimum Gasteiger partial charge on any atom is -0.396 e. The molecule has 22 heavy (non-hydrogen) atoms. The summed E-state index contributed by atoms with van der Waals surface area (Å²) in [6.45, 7) is 0.145. The molecule has 0 aliphatic heterocycles. The van der Waals surface area contributed by atoms with Crippen LogP contribution in [0.1, 0.15) is 31.2 Å². The Bertz CT molecular complexity index is 545. The highest BCUT2D eigenvalue weighted by atomic mass is 35.5. The number of benzene rings is 1. The number of rotatable bonds is 7. The number of aliphatic hydroxyl groups excluding tert-OH is 1. The maximum atomic E-state index is 11.9. The number of carbonyl (C=O) groups excluding carboxylic acids is 1. The largest absolute Gasteiger partial charge is 0.396 e. The molecule has 0 saturated carbocycles. The Morgan fingerprint density at radius 1 is 1.23 bits per heavy atom. The van der Waals surface area contributed by atoms with Crippen molar-refractivity contribution in [3.8, 4) is 0 Å². The lowest BCUT2D eigenvalue weighted by molar-refractivity contribution is -0.121. The molecule has 2 rings (SSSR count). The molecule has 5 heteroatoms. The van der Waals surface area contributed by atoms with Gasteiger partial charge in [0.05, 0.1) is 10.0 Å². The molecule has 120 valence electrons. The first-order valence-electron chi connectivity index (χ1n) is 7.61. The van der Waals surface area contributed by atoms with Crippen LogP contribution in [0.2, 0.25) is 10.0 Å². The van der Waals surface area contributed by atoms with Crippen molar-refractivity contribution in [1.82, 2.24) is 5.32 Å². The number of aryl methyl sites for hydroxylation is 1. The van der Waals surface area contributed by atoms with E-state index in [-0.39, 0.29) is 24.5 Å². The zero-order chi connectivity index (χ0) is 15.9. The van der Waals surface area contributed by atoms with Crippen molar-refractivity contribution in [1.29, 1.82) is 0 Å². The Labute approximate surface area is 141 Å². The fourth-order valence-electron chi connectivity index (χ4n) is 2.61. The van der Waals surface area contributed by atoms with E-state index in [0.717, 1.165) is 31.2 Å². The third kappa shape index (κ3) is 5.31. The van der Waals surface area contributed by atoms with Crippen molar-refractivity contribution in [2.24, 2.45) is 5.92 Å². The summed E-state index contributed by atoms with van der Waals surface area (Å²) in [6.07, 6.45) is 7.92. The number of amides is 1. The summed E-state index contributed by atoms with van der Waals surface area (Å²) >= 11 is 11.9. The molecule has 0 radical (unpaired) electrons. The van der Waals surface area contributed by atoms with E-state index in [0.29, 0.717) is 16.5 Å². The summed E-state index contributed by atoms with van der Waals surface area (Å²) in [4.78, 5) is 11.9. The van der Waals surface area contributed by atoms with Crippen LogP contribution in [0, 0.1) is 5.92 Å². The highest BCUT2D eigenvalue weighted by molar-refractivity contribution is 6.42. The van der Waals surface area contributed by atoms with E-state index < -0.39 is 0 Å². The van der Waals surface area contributed by atoms with Crippen molar-refractivity contribution >= 4 is 29.1 Å². The molecular formula is C17H21Cl2NO2. The monoisotopic (exact) mass is 341 g/mol. The predicted octanol–water partition coefficient (Wildman–Crippen LogP) is 3.76. The molecule has 2 atom stereocenters. The Morgan fingerprint density at radius 3 is 2.73 bits per heavy atom. The molecule has 1 aliphatic rings. The maximum Gasteiger partial charge on any atom is 0.220 e. The molecule has 3 nitrogen and oxygen atoms in total. The van der Waals surface area contributed by atoms with Crippen LogP contribution in [0.15, 0.2) is 30.4 Å². The molecule has 0 spiro atoms. The van der Waals surface area contributed by atoms with Gasteiger partial charge in [-0.1, -0.05) is 41.4 Å². The molecule has 0 aromatic heterocycles. The molecule has 2 N–H and O–H groups in total. The Balaban J connectivity index is 1.63. The van der Waals surface area contributed by atoms with Gasteiger partial charge in [-0.3, -0.25) is 4.79 Å². The van der Waals surface area contributed by atoms with Gasteiger partial charge in [0, 0.05) is 25.0 Å². The van der Waals surface area contributed by atoms with E-state index in [1.165, 1.54) is 0 Å². The van der Waals surface area contributed by atoms with Crippen molar-refractivity contribution < 1.29 is 9.90 Å². The summed E-state index contributed by atoms with van der Waals surface area (Å²) in [5.41, 5.74) is 1.14. The number of carbonyl (C=O) groups is 1. The van der Waals surface area contributed by atoms with Gasteiger partial charge in [0.2, 0.25) is 5.91 Å². The predicted molar refractivity (Wildman–Crippen MR) is 90.3 cm³/mol. The van der Waals surface area contributed by atoms with Crippen molar-refractivity contribution in [2.75, 3.05) is 6.61 Å². The van der Waals surface area contributed by atoms with Crippen LogP contribution in [-0.2, 0) is 11.2 Å². The van der Waals surface area contributed by atoms with Crippen LogP contribution in [0.4, 0.5) is 0 Å². The Hall–Kier alpha value is -1.03. The number of hydrogen-bond acceptors (Lipinski definition) is 2. The summed E-state index contributed by atoms with van der Waals surface area (Å²) < 4.78 is 0. The van der Waals surface area contributed by atoms with Crippen LogP contribution >= 0.6 is 23.2 Å². The summed E-state index contributed by atoms with van der Waals surface area (Å²) in [7, 11) is 0. The molecule has 0 bridgehead atoms. The lowest BCUT2D eigenvalue weighted by Gasteiger charge is -2.12. The summed E-state index contributed by atoms with van der Waals surface area (Å²) in [5, 5.41) is 13.2. The van der Waals surface area contributed by atoms with Gasteiger partial charge in [-0.15, -0.1) is 0 Å². The summed E-state index contributed by atoms with van der Waals surface area (Å²) in [5.74, 6) is 0.252. The Kier molecular flexibility index (Phi) is 6.74. The van der Waals surface area contributed by atoms with Gasteiger partial charge in [-0.2, -0.15) is 0 Å². The second-order valence-electron chi connectivity index (χ2n) is 5.69. The Morgan fingerprint density at radius 2 is 2.05 bits per heavy atom. The molecule has 0 saturated heterocycles. The second-order valence-corrected chi connectivity index (χ2v) is 6.51. The molecule has 1 aliphatic carbocycles. The smallest absolute Gasteiger partial charge is 0.220 e. The van der Waals surface area contributed by atoms with E-state index in [2.05, 4.69) is 5.32 Å². The highest BCUT2D eigenvalue weighted by Crippen LogP contribution is 2.23. The average molecular weight is 342 g/mol. The van der Waals surface area contributed by atoms with Crippen LogP contribution in [0.5, 0.6) is 0 Å². The van der Waals surface area contributed by atoms with Crippen LogP contribution in [0.3, 0.4) is 0 Å². The molecule has 1 amide bonds. The topological polar surface area (TPSA) is 49.3 Å². The van der Waals surface area contributed by atoms with Gasteiger partial charge >= 0.3 is 0 Å². The van der Waals surface area contributed by atoms with E-state index in [9.17, 15) is 4.79 Å². The van der Waals surface area contributed by atoms with Crippen molar-refractivity contribution in [3.05, 3.63) is 46.0 Å². The fourth-order valence-corrected chi connectivity index (χ4v) is 2.93. The third-order valence-corrected chi connectivity index (χ3v) is 4.60. The average Bonchev–Trinajstić information content (AvgIpc) is 2.95. The van der Waals surface area contributed by atoms with Crippen LogP contribution in [0.25, 0.3) is 0 Å². The number of unbranched alkanes of at least 4 members (excludes halogenated alkanes) is 1. The first kappa shape index (κ1) is 17.3. The fraction of sp³-hybridized carbons (Fsp3) is 0.471. The van der Waals surface area contributed by atoms with Gasteiger partial charge in [0.1, 0.15) is 0 Å².